The molecule has 0 spiro atoms. The van der Waals surface area contributed by atoms with Crippen molar-refractivity contribution < 1.29 is 4.74 Å². The largest absolute Gasteiger partial charge is 0.493 e. The first-order chi connectivity index (χ1) is 8.33. The van der Waals surface area contributed by atoms with Gasteiger partial charge in [-0.3, -0.25) is 0 Å². The van der Waals surface area contributed by atoms with Crippen molar-refractivity contribution in [3.63, 3.8) is 0 Å². The minimum Gasteiger partial charge on any atom is -0.493 e. The SMILES string of the molecule is Nc1cnc(C2COc3ccccc3C2)nc1. The van der Waals surface area contributed by atoms with Gasteiger partial charge in [0.1, 0.15) is 11.6 Å². The molecule has 0 bridgehead atoms. The average Bonchev–Trinajstić information content (AvgIpc) is 2.39. The Morgan fingerprint density at radius 3 is 2.76 bits per heavy atom. The summed E-state index contributed by atoms with van der Waals surface area (Å²) in [5, 5.41) is 0. The van der Waals surface area contributed by atoms with Gasteiger partial charge < -0.3 is 10.5 Å². The molecule has 2 aromatic rings. The Hall–Kier alpha value is -2.10. The third-order valence-electron chi connectivity index (χ3n) is 2.94. The lowest BCUT2D eigenvalue weighted by Crippen LogP contribution is -2.21. The lowest BCUT2D eigenvalue weighted by Gasteiger charge is -2.24. The van der Waals surface area contributed by atoms with Crippen LogP contribution in [0.2, 0.25) is 0 Å². The topological polar surface area (TPSA) is 61.0 Å². The first kappa shape index (κ1) is 10.1. The molecule has 0 saturated heterocycles. The Kier molecular flexibility index (Phi) is 2.40. The van der Waals surface area contributed by atoms with Gasteiger partial charge in [-0.1, -0.05) is 18.2 Å². The van der Waals surface area contributed by atoms with Crippen molar-refractivity contribution in [1.82, 2.24) is 9.97 Å². The maximum Gasteiger partial charge on any atom is 0.135 e. The molecule has 2 N–H and O–H groups in total. The highest BCUT2D eigenvalue weighted by Gasteiger charge is 2.22. The van der Waals surface area contributed by atoms with Crippen LogP contribution in [-0.2, 0) is 6.42 Å². The Morgan fingerprint density at radius 2 is 1.94 bits per heavy atom. The Balaban J connectivity index is 1.86. The minimum absolute atomic E-state index is 0.213. The fraction of sp³-hybridized carbons (Fsp3) is 0.231. The summed E-state index contributed by atoms with van der Waals surface area (Å²) in [5.41, 5.74) is 7.38. The Bertz CT molecular complexity index is 524. The van der Waals surface area contributed by atoms with Crippen LogP contribution < -0.4 is 10.5 Å². The number of hydrogen-bond acceptors (Lipinski definition) is 4. The van der Waals surface area contributed by atoms with Crippen molar-refractivity contribution in [1.29, 1.82) is 0 Å². The molecule has 0 saturated carbocycles. The van der Waals surface area contributed by atoms with Crippen molar-refractivity contribution in [2.45, 2.75) is 12.3 Å². The number of nitrogens with two attached hydrogens (primary N) is 1. The number of benzene rings is 1. The molecule has 4 nitrogen and oxygen atoms in total. The van der Waals surface area contributed by atoms with E-state index in [1.807, 2.05) is 18.2 Å². The molecule has 1 aromatic heterocycles. The van der Waals surface area contributed by atoms with Gasteiger partial charge in [-0.05, 0) is 18.1 Å². The molecule has 0 radical (unpaired) electrons. The highest BCUT2D eigenvalue weighted by molar-refractivity contribution is 5.37. The van der Waals surface area contributed by atoms with E-state index in [4.69, 9.17) is 10.5 Å². The molecule has 0 amide bonds. The molecule has 3 rings (SSSR count). The number of hydrogen-bond donors (Lipinski definition) is 1. The summed E-state index contributed by atoms with van der Waals surface area (Å²) in [6.45, 7) is 0.626. The standard InChI is InChI=1S/C13H13N3O/c14-11-6-15-13(16-7-11)10-5-9-3-1-2-4-12(9)17-8-10/h1-4,6-7,10H,5,8,14H2. The molecule has 2 heterocycles. The maximum atomic E-state index is 5.71. The molecule has 1 aliphatic heterocycles. The number of para-hydroxylation sites is 1. The van der Waals surface area contributed by atoms with Gasteiger partial charge >= 0.3 is 0 Å². The first-order valence-electron chi connectivity index (χ1n) is 5.61. The van der Waals surface area contributed by atoms with Gasteiger partial charge in [0.15, 0.2) is 0 Å². The van der Waals surface area contributed by atoms with Crippen LogP contribution in [-0.4, -0.2) is 16.6 Å². The zero-order valence-electron chi connectivity index (χ0n) is 9.34. The van der Waals surface area contributed by atoms with Crippen LogP contribution in [0.4, 0.5) is 5.69 Å². The van der Waals surface area contributed by atoms with Crippen LogP contribution in [0.3, 0.4) is 0 Å². The molecule has 1 atom stereocenters. The lowest BCUT2D eigenvalue weighted by molar-refractivity contribution is 0.257. The number of aromatic nitrogens is 2. The predicted octanol–water partition coefficient (Wildman–Crippen LogP) is 1.78. The summed E-state index contributed by atoms with van der Waals surface area (Å²) in [7, 11) is 0. The van der Waals surface area contributed by atoms with E-state index < -0.39 is 0 Å². The normalized spacial score (nSPS) is 18.2. The first-order valence-corrected chi connectivity index (χ1v) is 5.61. The summed E-state index contributed by atoms with van der Waals surface area (Å²) in [6, 6.07) is 8.08. The highest BCUT2D eigenvalue weighted by Crippen LogP contribution is 2.30. The molecule has 1 unspecified atom stereocenters. The summed E-state index contributed by atoms with van der Waals surface area (Å²) >= 11 is 0. The quantitative estimate of drug-likeness (QED) is 0.806. The van der Waals surface area contributed by atoms with E-state index in [0.29, 0.717) is 12.3 Å². The minimum atomic E-state index is 0.213. The van der Waals surface area contributed by atoms with Crippen LogP contribution >= 0.6 is 0 Å². The van der Waals surface area contributed by atoms with Gasteiger partial charge in [0.25, 0.3) is 0 Å². The molecule has 0 fully saturated rings. The van der Waals surface area contributed by atoms with E-state index in [9.17, 15) is 0 Å². The lowest BCUT2D eigenvalue weighted by atomic mass is 9.96. The summed E-state index contributed by atoms with van der Waals surface area (Å²) in [6.07, 6.45) is 4.20. The summed E-state index contributed by atoms with van der Waals surface area (Å²) < 4.78 is 5.71. The second-order valence-corrected chi connectivity index (χ2v) is 4.19. The summed E-state index contributed by atoms with van der Waals surface area (Å²) in [5.74, 6) is 1.98. The van der Waals surface area contributed by atoms with Crippen molar-refractivity contribution in [3.05, 3.63) is 48.0 Å². The van der Waals surface area contributed by atoms with E-state index in [-0.39, 0.29) is 5.92 Å². The molecular weight excluding hydrogens is 214 g/mol. The Morgan fingerprint density at radius 1 is 1.18 bits per heavy atom. The molecular formula is C13H13N3O. The predicted molar refractivity (Wildman–Crippen MR) is 64.8 cm³/mol. The average molecular weight is 227 g/mol. The fourth-order valence-electron chi connectivity index (χ4n) is 2.05. The molecule has 1 aromatic carbocycles. The second kappa shape index (κ2) is 4.05. The third kappa shape index (κ3) is 1.93. The molecule has 4 heteroatoms. The van der Waals surface area contributed by atoms with Crippen molar-refractivity contribution in [2.75, 3.05) is 12.3 Å². The number of ether oxygens (including phenoxy) is 1. The molecule has 86 valence electrons. The molecule has 0 aliphatic carbocycles. The van der Waals surface area contributed by atoms with Gasteiger partial charge in [0.2, 0.25) is 0 Å². The number of nitrogens with zero attached hydrogens (tertiary/aromatic N) is 2. The van der Waals surface area contributed by atoms with Gasteiger partial charge in [-0.15, -0.1) is 0 Å². The van der Waals surface area contributed by atoms with E-state index >= 15 is 0 Å². The number of rotatable bonds is 1. The van der Waals surface area contributed by atoms with Gasteiger partial charge in [-0.2, -0.15) is 0 Å². The smallest absolute Gasteiger partial charge is 0.135 e. The van der Waals surface area contributed by atoms with Crippen LogP contribution in [0.5, 0.6) is 5.75 Å². The zero-order valence-corrected chi connectivity index (χ0v) is 9.34. The number of anilines is 1. The van der Waals surface area contributed by atoms with E-state index in [0.717, 1.165) is 18.0 Å². The van der Waals surface area contributed by atoms with Gasteiger partial charge in [-0.25, -0.2) is 9.97 Å². The fourth-order valence-corrected chi connectivity index (χ4v) is 2.05. The Labute approximate surface area is 99.5 Å². The van der Waals surface area contributed by atoms with E-state index in [1.54, 1.807) is 12.4 Å². The number of nitrogen functional groups attached to an aromatic ring is 1. The van der Waals surface area contributed by atoms with Gasteiger partial charge in [0, 0.05) is 0 Å². The van der Waals surface area contributed by atoms with Crippen LogP contribution in [0.15, 0.2) is 36.7 Å². The van der Waals surface area contributed by atoms with Gasteiger partial charge in [0.05, 0.1) is 30.6 Å². The maximum absolute atomic E-state index is 5.71. The van der Waals surface area contributed by atoms with Crippen molar-refractivity contribution in [2.24, 2.45) is 0 Å². The number of fused-ring (bicyclic) bond motifs is 1. The monoisotopic (exact) mass is 227 g/mol. The molecule has 17 heavy (non-hydrogen) atoms. The van der Waals surface area contributed by atoms with Crippen LogP contribution in [0.25, 0.3) is 0 Å². The van der Waals surface area contributed by atoms with Crippen molar-refractivity contribution >= 4 is 5.69 Å². The third-order valence-corrected chi connectivity index (χ3v) is 2.94. The van der Waals surface area contributed by atoms with Crippen LogP contribution in [0.1, 0.15) is 17.3 Å². The highest BCUT2D eigenvalue weighted by atomic mass is 16.5. The second-order valence-electron chi connectivity index (χ2n) is 4.19. The van der Waals surface area contributed by atoms with Crippen molar-refractivity contribution in [3.8, 4) is 5.75 Å². The summed E-state index contributed by atoms with van der Waals surface area (Å²) in [4.78, 5) is 8.52. The van der Waals surface area contributed by atoms with E-state index in [2.05, 4.69) is 16.0 Å². The van der Waals surface area contributed by atoms with E-state index in [1.165, 1.54) is 5.56 Å². The molecule has 1 aliphatic rings. The zero-order chi connectivity index (χ0) is 11.7. The van der Waals surface area contributed by atoms with Crippen LogP contribution in [0, 0.1) is 0 Å².